The number of rotatable bonds is 22. The molecule has 0 saturated heterocycles. The van der Waals surface area contributed by atoms with Crippen molar-refractivity contribution in [3.8, 4) is 0 Å². The molecule has 274 valence electrons. The van der Waals surface area contributed by atoms with Gasteiger partial charge in [-0.15, -0.1) is 0 Å². The van der Waals surface area contributed by atoms with Gasteiger partial charge in [0.1, 0.15) is 31.0 Å². The van der Waals surface area contributed by atoms with Gasteiger partial charge in [-0.1, -0.05) is 55.4 Å². The van der Waals surface area contributed by atoms with Crippen LogP contribution in [0.5, 0.6) is 0 Å². The maximum Gasteiger partial charge on any atom is 0.348 e. The molecule has 0 fully saturated rings. The molecule has 0 aliphatic carbocycles. The number of esters is 5. The van der Waals surface area contributed by atoms with E-state index in [1.807, 2.05) is 0 Å². The average molecular weight is 681 g/mol. The molecule has 0 saturated carbocycles. The van der Waals surface area contributed by atoms with Gasteiger partial charge in [0.25, 0.3) is 0 Å². The topological polar surface area (TPSA) is 233 Å². The molecule has 0 aliphatic rings. The van der Waals surface area contributed by atoms with Crippen LogP contribution in [-0.4, -0.2) is 117 Å². The number of hydrogen-bond donors (Lipinski definition) is 5. The fourth-order valence-corrected chi connectivity index (χ4v) is 4.11. The van der Waals surface area contributed by atoms with E-state index >= 15 is 0 Å². The third kappa shape index (κ3) is 14.0. The number of aliphatic hydroxyl groups excluding tert-OH is 5. The molecule has 0 rings (SSSR count). The van der Waals surface area contributed by atoms with Crippen molar-refractivity contribution in [1.82, 2.24) is 0 Å². The van der Waals surface area contributed by atoms with Crippen molar-refractivity contribution in [2.24, 2.45) is 23.7 Å². The third-order valence-electron chi connectivity index (χ3n) is 8.32. The van der Waals surface area contributed by atoms with E-state index in [2.05, 4.69) is 0 Å². The maximum absolute atomic E-state index is 13.5. The number of carbonyl (C=O) groups is 5. The van der Waals surface area contributed by atoms with Crippen LogP contribution in [0.2, 0.25) is 0 Å². The predicted octanol–water partition coefficient (Wildman–Crippen LogP) is 0.817. The SMILES string of the molecule is CC[C@@H](C)[C@H](OC(=O)[C@@H](OC(C)=O)[C@@H](C)CC)C(=O)O[C@H](C(=O)O[C@H](C(=O)OC[C@H](O)[C@H](O)[C@H](O)[C@H](O)CO)[C@H](C)CC)[C@@H](C)CC. The first-order chi connectivity index (χ1) is 21.9. The van der Waals surface area contributed by atoms with Crippen LogP contribution in [0.4, 0.5) is 0 Å². The molecule has 15 heteroatoms. The predicted molar refractivity (Wildman–Crippen MR) is 165 cm³/mol. The van der Waals surface area contributed by atoms with Crippen LogP contribution >= 0.6 is 0 Å². The summed E-state index contributed by atoms with van der Waals surface area (Å²) in [4.78, 5) is 64.6. The Bertz CT molecular complexity index is 988. The van der Waals surface area contributed by atoms with Gasteiger partial charge >= 0.3 is 29.8 Å². The van der Waals surface area contributed by atoms with Crippen LogP contribution in [0.25, 0.3) is 0 Å². The second-order valence-corrected chi connectivity index (χ2v) is 12.1. The Kier molecular flexibility index (Phi) is 20.6. The summed E-state index contributed by atoms with van der Waals surface area (Å²) in [5, 5.41) is 48.4. The van der Waals surface area contributed by atoms with Gasteiger partial charge in [-0.05, 0) is 25.7 Å². The summed E-state index contributed by atoms with van der Waals surface area (Å²) in [5.41, 5.74) is 0. The minimum atomic E-state index is -1.98. The van der Waals surface area contributed by atoms with E-state index in [0.717, 1.165) is 6.92 Å². The highest BCUT2D eigenvalue weighted by atomic mass is 16.6. The van der Waals surface area contributed by atoms with Crippen molar-refractivity contribution in [3.05, 3.63) is 0 Å². The van der Waals surface area contributed by atoms with Gasteiger partial charge in [0.05, 0.1) is 6.61 Å². The van der Waals surface area contributed by atoms with Crippen molar-refractivity contribution < 1.29 is 73.2 Å². The van der Waals surface area contributed by atoms with E-state index in [0.29, 0.717) is 25.7 Å². The lowest BCUT2D eigenvalue weighted by Crippen LogP contribution is -2.48. The maximum atomic E-state index is 13.5. The van der Waals surface area contributed by atoms with E-state index in [9.17, 15) is 44.4 Å². The highest BCUT2D eigenvalue weighted by molar-refractivity contribution is 5.86. The molecule has 0 aliphatic heterocycles. The lowest BCUT2D eigenvalue weighted by Gasteiger charge is -2.30. The van der Waals surface area contributed by atoms with Gasteiger partial charge < -0.3 is 49.2 Å². The molecule has 0 aromatic carbocycles. The van der Waals surface area contributed by atoms with Crippen LogP contribution in [-0.2, 0) is 47.7 Å². The second kappa shape index (κ2) is 21.9. The van der Waals surface area contributed by atoms with Crippen molar-refractivity contribution >= 4 is 29.8 Å². The molecule has 0 aromatic heterocycles. The van der Waals surface area contributed by atoms with Crippen molar-refractivity contribution in [2.75, 3.05) is 13.2 Å². The van der Waals surface area contributed by atoms with Crippen molar-refractivity contribution in [1.29, 1.82) is 0 Å². The zero-order valence-corrected chi connectivity index (χ0v) is 29.0. The average Bonchev–Trinajstić information content (AvgIpc) is 3.06. The number of carbonyl (C=O) groups excluding carboxylic acids is 5. The Morgan fingerprint density at radius 3 is 1.11 bits per heavy atom. The first kappa shape index (κ1) is 44.1. The molecule has 0 heterocycles. The Balaban J connectivity index is 6.01. The molecule has 0 amide bonds. The van der Waals surface area contributed by atoms with E-state index in [1.54, 1.807) is 55.4 Å². The van der Waals surface area contributed by atoms with E-state index in [1.165, 1.54) is 0 Å². The fourth-order valence-electron chi connectivity index (χ4n) is 4.11. The minimum absolute atomic E-state index is 0.332. The van der Waals surface area contributed by atoms with Crippen LogP contribution in [0.15, 0.2) is 0 Å². The Morgan fingerprint density at radius 2 is 0.809 bits per heavy atom. The van der Waals surface area contributed by atoms with Crippen LogP contribution < -0.4 is 0 Å². The van der Waals surface area contributed by atoms with E-state index < -0.39 is 116 Å². The zero-order valence-electron chi connectivity index (χ0n) is 29.0. The molecule has 0 aromatic rings. The number of hydrogen-bond acceptors (Lipinski definition) is 15. The molecule has 0 spiro atoms. The monoisotopic (exact) mass is 680 g/mol. The lowest BCUT2D eigenvalue weighted by atomic mass is 9.98. The summed E-state index contributed by atoms with van der Waals surface area (Å²) >= 11 is 0. The Hall–Kier alpha value is -2.85. The van der Waals surface area contributed by atoms with Gasteiger partial charge in [-0.25, -0.2) is 19.2 Å². The molecule has 0 unspecified atom stereocenters. The summed E-state index contributed by atoms with van der Waals surface area (Å²) in [6, 6.07) is 0. The Labute approximate surface area is 276 Å². The summed E-state index contributed by atoms with van der Waals surface area (Å²) < 4.78 is 26.8. The molecule has 47 heavy (non-hydrogen) atoms. The van der Waals surface area contributed by atoms with Crippen LogP contribution in [0.3, 0.4) is 0 Å². The minimum Gasteiger partial charge on any atom is -0.460 e. The normalized spacial score (nSPS) is 19.2. The molecule has 15 nitrogen and oxygen atoms in total. The van der Waals surface area contributed by atoms with E-state index in [-0.39, 0.29) is 0 Å². The summed E-state index contributed by atoms with van der Waals surface area (Å²) in [6.45, 7) is 12.9. The van der Waals surface area contributed by atoms with Gasteiger partial charge in [-0.3, -0.25) is 4.79 Å². The van der Waals surface area contributed by atoms with E-state index in [4.69, 9.17) is 28.8 Å². The van der Waals surface area contributed by atoms with Crippen molar-refractivity contribution in [3.63, 3.8) is 0 Å². The summed E-state index contributed by atoms with van der Waals surface area (Å²) in [5.74, 6) is -7.06. The largest absolute Gasteiger partial charge is 0.460 e. The standard InChI is InChI=1S/C32H56O15/c1-10-16(5)25(29(39)43-15-22(36)24(38)23(37)21(35)14-33)45-31(41)27(18(7)12-3)47-32(42)28(19(8)13-4)46-30(40)26(17(6)11-2)44-20(9)34/h16-19,21-28,33,35-38H,10-15H2,1-9H3/t16-,17+,18+,19-,21-,22+,23-,24+,25+,26+,27+,28+/m1/s1. The fraction of sp³-hybridized carbons (Fsp3) is 0.844. The second-order valence-electron chi connectivity index (χ2n) is 12.1. The molecular weight excluding hydrogens is 624 g/mol. The Morgan fingerprint density at radius 1 is 0.511 bits per heavy atom. The molecule has 5 N–H and O–H groups in total. The van der Waals surface area contributed by atoms with Gasteiger partial charge in [-0.2, -0.15) is 0 Å². The number of aliphatic hydroxyl groups is 5. The van der Waals surface area contributed by atoms with Gasteiger partial charge in [0.15, 0.2) is 0 Å². The van der Waals surface area contributed by atoms with Crippen LogP contribution in [0, 0.1) is 23.7 Å². The zero-order chi connectivity index (χ0) is 36.6. The summed E-state index contributed by atoms with van der Waals surface area (Å²) in [6.07, 6.45) is -11.8. The quantitative estimate of drug-likeness (QED) is 0.0787. The highest BCUT2D eigenvalue weighted by Gasteiger charge is 2.41. The molecular formula is C32H56O15. The van der Waals surface area contributed by atoms with Crippen LogP contribution in [0.1, 0.15) is 88.0 Å². The molecule has 0 bridgehead atoms. The smallest absolute Gasteiger partial charge is 0.348 e. The molecule has 12 atom stereocenters. The molecule has 0 radical (unpaired) electrons. The highest BCUT2D eigenvalue weighted by Crippen LogP contribution is 2.23. The third-order valence-corrected chi connectivity index (χ3v) is 8.32. The van der Waals surface area contributed by atoms with Gasteiger partial charge in [0, 0.05) is 30.6 Å². The summed E-state index contributed by atoms with van der Waals surface area (Å²) in [7, 11) is 0. The number of ether oxygens (including phenoxy) is 5. The lowest BCUT2D eigenvalue weighted by molar-refractivity contribution is -0.195. The van der Waals surface area contributed by atoms with Crippen molar-refractivity contribution in [2.45, 2.75) is 137 Å². The first-order valence-electron chi connectivity index (χ1n) is 16.2. The van der Waals surface area contributed by atoms with Gasteiger partial charge in [0.2, 0.25) is 24.4 Å². The first-order valence-corrected chi connectivity index (χ1v) is 16.2.